The fraction of sp³-hybridized carbons (Fsp3) is 0.727. The quantitative estimate of drug-likeness (QED) is 0.388. The van der Waals surface area contributed by atoms with E-state index in [1.54, 1.807) is 6.08 Å². The van der Waals surface area contributed by atoms with E-state index >= 15 is 0 Å². The van der Waals surface area contributed by atoms with Gasteiger partial charge in [-0.1, -0.05) is 32.4 Å². The second-order valence-electron chi connectivity index (χ2n) is 3.15. The third kappa shape index (κ3) is 6.66. The molecule has 1 atom stereocenters. The van der Waals surface area contributed by atoms with E-state index in [4.69, 9.17) is 4.74 Å². The molecule has 0 aliphatic rings. The van der Waals surface area contributed by atoms with E-state index in [2.05, 4.69) is 0 Å². The number of unbranched alkanes of at least 4 members (excludes halogenated alkanes) is 1. The van der Waals surface area contributed by atoms with Crippen molar-refractivity contribution in [1.29, 1.82) is 0 Å². The number of aliphatic hydroxyl groups is 1. The van der Waals surface area contributed by atoms with E-state index in [9.17, 15) is 9.90 Å². The minimum Gasteiger partial charge on any atom is -0.464 e. The SMILES string of the molecule is CC/C=C/CC(O)C(=O)OCCCC. The predicted octanol–water partition coefficient (Wildman–Crippen LogP) is 2.05. The van der Waals surface area contributed by atoms with Crippen molar-refractivity contribution in [3.05, 3.63) is 12.2 Å². The van der Waals surface area contributed by atoms with Crippen molar-refractivity contribution in [3.8, 4) is 0 Å². The fourth-order valence-corrected chi connectivity index (χ4v) is 0.901. The molecular weight excluding hydrogens is 180 g/mol. The summed E-state index contributed by atoms with van der Waals surface area (Å²) in [5.41, 5.74) is 0. The Bertz CT molecular complexity index is 175. The topological polar surface area (TPSA) is 46.5 Å². The number of carbonyl (C=O) groups is 1. The normalized spacial score (nSPS) is 13.1. The van der Waals surface area contributed by atoms with Crippen LogP contribution < -0.4 is 0 Å². The number of rotatable bonds is 7. The zero-order chi connectivity index (χ0) is 10.8. The average molecular weight is 200 g/mol. The van der Waals surface area contributed by atoms with Gasteiger partial charge in [0.05, 0.1) is 6.61 Å². The van der Waals surface area contributed by atoms with E-state index in [-0.39, 0.29) is 0 Å². The van der Waals surface area contributed by atoms with E-state index in [1.807, 2.05) is 19.9 Å². The summed E-state index contributed by atoms with van der Waals surface area (Å²) < 4.78 is 4.85. The van der Waals surface area contributed by atoms with Gasteiger partial charge in [0, 0.05) is 6.42 Å². The van der Waals surface area contributed by atoms with Crippen molar-refractivity contribution in [3.63, 3.8) is 0 Å². The standard InChI is InChI=1S/C11H20O3/c1-3-5-7-8-10(12)11(13)14-9-6-4-2/h5,7,10,12H,3-4,6,8-9H2,1-2H3/b7-5+. The molecule has 0 aliphatic carbocycles. The second-order valence-corrected chi connectivity index (χ2v) is 3.15. The van der Waals surface area contributed by atoms with Gasteiger partial charge in [-0.05, 0) is 12.8 Å². The molecule has 3 heteroatoms. The summed E-state index contributed by atoms with van der Waals surface area (Å²) in [6.07, 6.45) is 5.81. The maximum absolute atomic E-state index is 11.1. The summed E-state index contributed by atoms with van der Waals surface area (Å²) in [7, 11) is 0. The van der Waals surface area contributed by atoms with Gasteiger partial charge in [0.1, 0.15) is 0 Å². The number of hydrogen-bond acceptors (Lipinski definition) is 3. The summed E-state index contributed by atoms with van der Waals surface area (Å²) in [6, 6.07) is 0. The predicted molar refractivity (Wildman–Crippen MR) is 55.9 cm³/mol. The number of carbonyl (C=O) groups excluding carboxylic acids is 1. The molecule has 0 aromatic rings. The molecule has 0 aromatic heterocycles. The first-order valence-electron chi connectivity index (χ1n) is 5.22. The first kappa shape index (κ1) is 13.2. The molecule has 0 saturated carbocycles. The van der Waals surface area contributed by atoms with Gasteiger partial charge in [0.15, 0.2) is 6.10 Å². The lowest BCUT2D eigenvalue weighted by atomic mass is 10.2. The van der Waals surface area contributed by atoms with Crippen molar-refractivity contribution < 1.29 is 14.6 Å². The molecule has 14 heavy (non-hydrogen) atoms. The van der Waals surface area contributed by atoms with E-state index in [1.165, 1.54) is 0 Å². The van der Waals surface area contributed by atoms with Crippen molar-refractivity contribution >= 4 is 5.97 Å². The third-order valence-electron chi connectivity index (χ3n) is 1.78. The maximum Gasteiger partial charge on any atom is 0.335 e. The lowest BCUT2D eigenvalue weighted by Gasteiger charge is -2.07. The Labute approximate surface area is 85.8 Å². The largest absolute Gasteiger partial charge is 0.464 e. The van der Waals surface area contributed by atoms with Crippen molar-refractivity contribution in [2.75, 3.05) is 6.61 Å². The monoisotopic (exact) mass is 200 g/mol. The Hall–Kier alpha value is -0.830. The smallest absolute Gasteiger partial charge is 0.335 e. The van der Waals surface area contributed by atoms with E-state index in [0.717, 1.165) is 19.3 Å². The molecule has 0 spiro atoms. The zero-order valence-electron chi connectivity index (χ0n) is 9.03. The van der Waals surface area contributed by atoms with Crippen LogP contribution in [-0.4, -0.2) is 23.8 Å². The molecule has 0 heterocycles. The van der Waals surface area contributed by atoms with E-state index < -0.39 is 12.1 Å². The summed E-state index contributed by atoms with van der Waals surface area (Å²) in [5.74, 6) is -0.515. The zero-order valence-corrected chi connectivity index (χ0v) is 9.03. The second kappa shape index (κ2) is 8.75. The van der Waals surface area contributed by atoms with Gasteiger partial charge in [-0.2, -0.15) is 0 Å². The third-order valence-corrected chi connectivity index (χ3v) is 1.78. The highest BCUT2D eigenvalue weighted by Gasteiger charge is 2.13. The number of allylic oxidation sites excluding steroid dienone is 1. The molecule has 0 amide bonds. The van der Waals surface area contributed by atoms with Crippen molar-refractivity contribution in [2.45, 2.75) is 45.6 Å². The number of aliphatic hydroxyl groups excluding tert-OH is 1. The lowest BCUT2D eigenvalue weighted by Crippen LogP contribution is -2.22. The number of esters is 1. The first-order chi connectivity index (χ1) is 6.72. The van der Waals surface area contributed by atoms with Crippen LogP contribution in [0.3, 0.4) is 0 Å². The first-order valence-corrected chi connectivity index (χ1v) is 5.22. The Morgan fingerprint density at radius 3 is 2.71 bits per heavy atom. The summed E-state index contributed by atoms with van der Waals surface area (Å²) >= 11 is 0. The molecule has 82 valence electrons. The molecule has 1 unspecified atom stereocenters. The Morgan fingerprint density at radius 1 is 1.43 bits per heavy atom. The van der Waals surface area contributed by atoms with Gasteiger partial charge in [-0.3, -0.25) is 0 Å². The molecule has 0 fully saturated rings. The Kier molecular flexibility index (Phi) is 8.24. The summed E-state index contributed by atoms with van der Waals surface area (Å²) in [4.78, 5) is 11.1. The highest BCUT2D eigenvalue weighted by Crippen LogP contribution is 1.99. The fourth-order valence-electron chi connectivity index (χ4n) is 0.901. The van der Waals surface area contributed by atoms with Gasteiger partial charge >= 0.3 is 5.97 Å². The van der Waals surface area contributed by atoms with Crippen LogP contribution in [0.5, 0.6) is 0 Å². The maximum atomic E-state index is 11.1. The molecule has 0 aromatic carbocycles. The van der Waals surface area contributed by atoms with Crippen LogP contribution >= 0.6 is 0 Å². The molecule has 0 radical (unpaired) electrons. The van der Waals surface area contributed by atoms with Crippen LogP contribution in [0.1, 0.15) is 39.5 Å². The molecule has 0 saturated heterocycles. The highest BCUT2D eigenvalue weighted by molar-refractivity contribution is 5.74. The molecule has 1 N–H and O–H groups in total. The average Bonchev–Trinajstić information content (AvgIpc) is 2.18. The van der Waals surface area contributed by atoms with Crippen LogP contribution in [0.25, 0.3) is 0 Å². The molecule has 0 bridgehead atoms. The Balaban J connectivity index is 3.59. The van der Waals surface area contributed by atoms with Gasteiger partial charge in [-0.25, -0.2) is 4.79 Å². The van der Waals surface area contributed by atoms with Gasteiger partial charge in [-0.15, -0.1) is 0 Å². The van der Waals surface area contributed by atoms with Crippen LogP contribution in [0.15, 0.2) is 12.2 Å². The number of hydrogen-bond donors (Lipinski definition) is 1. The molecule has 3 nitrogen and oxygen atoms in total. The highest BCUT2D eigenvalue weighted by atomic mass is 16.5. The van der Waals surface area contributed by atoms with Crippen LogP contribution in [0.2, 0.25) is 0 Å². The van der Waals surface area contributed by atoms with Gasteiger partial charge in [0.2, 0.25) is 0 Å². The lowest BCUT2D eigenvalue weighted by molar-refractivity contribution is -0.153. The summed E-state index contributed by atoms with van der Waals surface area (Å²) in [5, 5.41) is 9.32. The van der Waals surface area contributed by atoms with Gasteiger partial charge < -0.3 is 9.84 Å². The van der Waals surface area contributed by atoms with Crippen molar-refractivity contribution in [2.24, 2.45) is 0 Å². The molecular formula is C11H20O3. The number of ether oxygens (including phenoxy) is 1. The summed E-state index contributed by atoms with van der Waals surface area (Å²) in [6.45, 7) is 4.43. The molecule has 0 aliphatic heterocycles. The van der Waals surface area contributed by atoms with Crippen LogP contribution in [0.4, 0.5) is 0 Å². The van der Waals surface area contributed by atoms with E-state index in [0.29, 0.717) is 13.0 Å². The van der Waals surface area contributed by atoms with Gasteiger partial charge in [0.25, 0.3) is 0 Å². The minimum absolute atomic E-state index is 0.346. The van der Waals surface area contributed by atoms with Crippen molar-refractivity contribution in [1.82, 2.24) is 0 Å². The van der Waals surface area contributed by atoms with Crippen LogP contribution in [0, 0.1) is 0 Å². The molecule has 0 rings (SSSR count). The van der Waals surface area contributed by atoms with Crippen LogP contribution in [-0.2, 0) is 9.53 Å². The minimum atomic E-state index is -1.00. The Morgan fingerprint density at radius 2 is 2.14 bits per heavy atom.